The number of rotatable bonds is 3. The Morgan fingerprint density at radius 3 is 2.36 bits per heavy atom. The maximum atomic E-state index is 12.3. The van der Waals surface area contributed by atoms with Crippen LogP contribution >= 0.6 is 0 Å². The number of aromatic nitrogens is 2. The van der Waals surface area contributed by atoms with E-state index in [0.29, 0.717) is 28.8 Å². The highest BCUT2D eigenvalue weighted by Crippen LogP contribution is 2.32. The largest absolute Gasteiger partial charge is 0.337 e. The van der Waals surface area contributed by atoms with Crippen molar-refractivity contribution in [2.24, 2.45) is 0 Å². The predicted octanol–water partition coefficient (Wildman–Crippen LogP) is 2.52. The summed E-state index contributed by atoms with van der Waals surface area (Å²) in [6, 6.07) is 6.82. The van der Waals surface area contributed by atoms with Crippen LogP contribution in [0.1, 0.15) is 64.0 Å². The summed E-state index contributed by atoms with van der Waals surface area (Å²) in [5.74, 6) is 0.752. The van der Waals surface area contributed by atoms with Crippen molar-refractivity contribution in [3.8, 4) is 0 Å². The van der Waals surface area contributed by atoms with Crippen LogP contribution in [-0.4, -0.2) is 26.9 Å². The van der Waals surface area contributed by atoms with Gasteiger partial charge in [-0.3, -0.25) is 14.5 Å². The summed E-state index contributed by atoms with van der Waals surface area (Å²) >= 11 is 0. The normalized spacial score (nSPS) is 18.3. The minimum atomic E-state index is -0.304. The van der Waals surface area contributed by atoms with Gasteiger partial charge in [0.05, 0.1) is 11.1 Å². The number of amides is 2. The topological polar surface area (TPSA) is 76.3 Å². The van der Waals surface area contributed by atoms with Crippen LogP contribution in [0.15, 0.2) is 28.8 Å². The van der Waals surface area contributed by atoms with Crippen molar-refractivity contribution in [1.82, 2.24) is 15.0 Å². The van der Waals surface area contributed by atoms with Crippen LogP contribution in [0.2, 0.25) is 0 Å². The lowest BCUT2D eigenvalue weighted by atomic mass is 10.1. The SMILES string of the molecule is O=C1c2ccccc2C(=O)N1Cc1nc(C2CCCC2)no1. The number of hydrogen-bond donors (Lipinski definition) is 0. The van der Waals surface area contributed by atoms with E-state index in [1.165, 1.54) is 12.8 Å². The highest BCUT2D eigenvalue weighted by atomic mass is 16.5. The lowest BCUT2D eigenvalue weighted by Crippen LogP contribution is -2.29. The van der Waals surface area contributed by atoms with Gasteiger partial charge in [-0.25, -0.2) is 0 Å². The molecule has 0 spiro atoms. The van der Waals surface area contributed by atoms with Crippen LogP contribution in [0.4, 0.5) is 0 Å². The Kier molecular flexibility index (Phi) is 3.03. The van der Waals surface area contributed by atoms with Crippen molar-refractivity contribution in [2.75, 3.05) is 0 Å². The second-order valence-electron chi connectivity index (χ2n) is 5.77. The standard InChI is InChI=1S/C16H15N3O3/c20-15-11-7-3-4-8-12(11)16(21)19(15)9-13-17-14(18-22-13)10-5-1-2-6-10/h3-4,7-8,10H,1-2,5-6,9H2. The van der Waals surface area contributed by atoms with E-state index in [-0.39, 0.29) is 18.4 Å². The van der Waals surface area contributed by atoms with Gasteiger partial charge in [0.2, 0.25) is 5.89 Å². The van der Waals surface area contributed by atoms with E-state index < -0.39 is 0 Å². The molecule has 6 heteroatoms. The zero-order valence-electron chi connectivity index (χ0n) is 12.0. The van der Waals surface area contributed by atoms with Crippen molar-refractivity contribution in [3.05, 3.63) is 47.1 Å². The Morgan fingerprint density at radius 1 is 1.09 bits per heavy atom. The molecule has 0 atom stereocenters. The highest BCUT2D eigenvalue weighted by molar-refractivity contribution is 6.21. The zero-order chi connectivity index (χ0) is 15.1. The molecule has 1 aliphatic carbocycles. The second kappa shape index (κ2) is 5.05. The van der Waals surface area contributed by atoms with Gasteiger partial charge in [0.25, 0.3) is 11.8 Å². The Bertz CT molecular complexity index is 712. The quantitative estimate of drug-likeness (QED) is 0.814. The van der Waals surface area contributed by atoms with Gasteiger partial charge in [-0.15, -0.1) is 0 Å². The first-order valence-corrected chi connectivity index (χ1v) is 7.52. The molecule has 1 aromatic heterocycles. The molecular weight excluding hydrogens is 282 g/mol. The predicted molar refractivity (Wildman–Crippen MR) is 76.2 cm³/mol. The Hall–Kier alpha value is -2.50. The molecule has 22 heavy (non-hydrogen) atoms. The maximum absolute atomic E-state index is 12.3. The van der Waals surface area contributed by atoms with E-state index in [2.05, 4.69) is 10.1 Å². The van der Waals surface area contributed by atoms with Gasteiger partial charge >= 0.3 is 0 Å². The zero-order valence-corrected chi connectivity index (χ0v) is 12.0. The Labute approximate surface area is 127 Å². The summed E-state index contributed by atoms with van der Waals surface area (Å²) < 4.78 is 5.23. The van der Waals surface area contributed by atoms with Gasteiger partial charge in [0, 0.05) is 5.92 Å². The van der Waals surface area contributed by atoms with Crippen LogP contribution in [-0.2, 0) is 6.54 Å². The molecule has 1 fully saturated rings. The molecule has 0 N–H and O–H groups in total. The molecule has 2 heterocycles. The van der Waals surface area contributed by atoms with Crippen molar-refractivity contribution in [2.45, 2.75) is 38.1 Å². The number of fused-ring (bicyclic) bond motifs is 1. The summed E-state index contributed by atoms with van der Waals surface area (Å²) in [6.45, 7) is 0.0338. The Morgan fingerprint density at radius 2 is 1.73 bits per heavy atom. The molecule has 1 saturated carbocycles. The average molecular weight is 297 g/mol. The van der Waals surface area contributed by atoms with E-state index in [1.807, 2.05) is 0 Å². The van der Waals surface area contributed by atoms with E-state index in [0.717, 1.165) is 17.7 Å². The van der Waals surface area contributed by atoms with Crippen molar-refractivity contribution in [3.63, 3.8) is 0 Å². The van der Waals surface area contributed by atoms with E-state index >= 15 is 0 Å². The third-order valence-corrected chi connectivity index (χ3v) is 4.38. The van der Waals surface area contributed by atoms with Gasteiger partial charge in [-0.05, 0) is 25.0 Å². The van der Waals surface area contributed by atoms with Crippen LogP contribution in [0.5, 0.6) is 0 Å². The molecule has 2 aromatic rings. The number of carbonyl (C=O) groups is 2. The van der Waals surface area contributed by atoms with Gasteiger partial charge in [0.1, 0.15) is 6.54 Å². The van der Waals surface area contributed by atoms with Gasteiger partial charge in [-0.1, -0.05) is 30.1 Å². The molecule has 1 aromatic carbocycles. The summed E-state index contributed by atoms with van der Waals surface area (Å²) in [7, 11) is 0. The lowest BCUT2D eigenvalue weighted by Gasteiger charge is -2.10. The van der Waals surface area contributed by atoms with Crippen LogP contribution in [0.3, 0.4) is 0 Å². The number of carbonyl (C=O) groups excluding carboxylic acids is 2. The van der Waals surface area contributed by atoms with E-state index in [9.17, 15) is 9.59 Å². The molecule has 0 unspecified atom stereocenters. The van der Waals surface area contributed by atoms with Crippen LogP contribution in [0.25, 0.3) is 0 Å². The van der Waals surface area contributed by atoms with Gasteiger partial charge in [0.15, 0.2) is 5.82 Å². The van der Waals surface area contributed by atoms with Gasteiger partial charge in [-0.2, -0.15) is 4.98 Å². The number of imide groups is 1. The molecule has 0 bridgehead atoms. The molecule has 1 aliphatic heterocycles. The Balaban J connectivity index is 1.55. The number of hydrogen-bond acceptors (Lipinski definition) is 5. The van der Waals surface area contributed by atoms with Crippen molar-refractivity contribution >= 4 is 11.8 Å². The minimum Gasteiger partial charge on any atom is -0.337 e. The van der Waals surface area contributed by atoms with Crippen LogP contribution in [0, 0.1) is 0 Å². The fourth-order valence-electron chi connectivity index (χ4n) is 3.20. The molecule has 6 nitrogen and oxygen atoms in total. The van der Waals surface area contributed by atoms with E-state index in [1.54, 1.807) is 24.3 Å². The fraction of sp³-hybridized carbons (Fsp3) is 0.375. The van der Waals surface area contributed by atoms with Crippen LogP contribution < -0.4 is 0 Å². The third kappa shape index (κ3) is 2.03. The summed E-state index contributed by atoms with van der Waals surface area (Å²) in [4.78, 5) is 30.1. The first-order chi connectivity index (χ1) is 10.7. The van der Waals surface area contributed by atoms with Crippen molar-refractivity contribution < 1.29 is 14.1 Å². The lowest BCUT2D eigenvalue weighted by molar-refractivity contribution is 0.0625. The summed E-state index contributed by atoms with van der Waals surface area (Å²) in [5, 5.41) is 4.00. The highest BCUT2D eigenvalue weighted by Gasteiger charge is 2.36. The molecule has 2 amide bonds. The molecule has 0 saturated heterocycles. The first-order valence-electron chi connectivity index (χ1n) is 7.52. The smallest absolute Gasteiger partial charge is 0.262 e. The molecule has 112 valence electrons. The minimum absolute atomic E-state index is 0.0338. The number of benzene rings is 1. The van der Waals surface area contributed by atoms with Gasteiger partial charge < -0.3 is 4.52 Å². The monoisotopic (exact) mass is 297 g/mol. The molecule has 4 rings (SSSR count). The third-order valence-electron chi connectivity index (χ3n) is 4.38. The van der Waals surface area contributed by atoms with Crippen molar-refractivity contribution in [1.29, 1.82) is 0 Å². The molecule has 2 aliphatic rings. The number of nitrogens with zero attached hydrogens (tertiary/aromatic N) is 3. The molecule has 0 radical (unpaired) electrons. The average Bonchev–Trinajstić information content (AvgIpc) is 3.25. The molecular formula is C16H15N3O3. The van der Waals surface area contributed by atoms with E-state index in [4.69, 9.17) is 4.52 Å². The second-order valence-corrected chi connectivity index (χ2v) is 5.77. The maximum Gasteiger partial charge on any atom is 0.262 e. The summed E-state index contributed by atoms with van der Waals surface area (Å²) in [5.41, 5.74) is 0.867. The fourth-order valence-corrected chi connectivity index (χ4v) is 3.20. The summed E-state index contributed by atoms with van der Waals surface area (Å²) in [6.07, 6.45) is 4.53. The first kappa shape index (κ1) is 13.2.